The van der Waals surface area contributed by atoms with Crippen molar-refractivity contribution in [3.63, 3.8) is 0 Å². The Balaban J connectivity index is 1.50. The summed E-state index contributed by atoms with van der Waals surface area (Å²) < 4.78 is 5.58. The van der Waals surface area contributed by atoms with Crippen LogP contribution in [0, 0.1) is 13.8 Å². The predicted molar refractivity (Wildman–Crippen MR) is 101 cm³/mol. The summed E-state index contributed by atoms with van der Waals surface area (Å²) in [5.74, 6) is 1.64. The highest BCUT2D eigenvalue weighted by Crippen LogP contribution is 2.29. The number of thiazole rings is 1. The van der Waals surface area contributed by atoms with Crippen LogP contribution in [0.2, 0.25) is 0 Å². The summed E-state index contributed by atoms with van der Waals surface area (Å²) in [6.45, 7) is 5.81. The highest BCUT2D eigenvalue weighted by atomic mass is 32.1. The summed E-state index contributed by atoms with van der Waals surface area (Å²) in [6.07, 6.45) is 4.61. The molecule has 6 nitrogen and oxygen atoms in total. The minimum absolute atomic E-state index is 0.114. The number of furan rings is 1. The maximum absolute atomic E-state index is 12.4. The van der Waals surface area contributed by atoms with Gasteiger partial charge in [-0.25, -0.2) is 4.98 Å². The molecule has 0 radical (unpaired) electrons. The van der Waals surface area contributed by atoms with E-state index in [9.17, 15) is 9.59 Å². The van der Waals surface area contributed by atoms with Crippen LogP contribution in [0.25, 0.3) is 10.8 Å². The number of hydrogen-bond donors (Lipinski definition) is 1. The van der Waals surface area contributed by atoms with Gasteiger partial charge in [0.25, 0.3) is 5.91 Å². The zero-order valence-corrected chi connectivity index (χ0v) is 16.2. The monoisotopic (exact) mass is 375 g/mol. The molecule has 0 aliphatic carbocycles. The number of carbonyl (C=O) groups is 2. The minimum Gasteiger partial charge on any atom is -0.459 e. The lowest BCUT2D eigenvalue weighted by Gasteiger charge is -2.20. The average molecular weight is 375 g/mol. The molecule has 1 aliphatic rings. The number of nitrogens with one attached hydrogen (secondary N) is 1. The molecule has 1 fully saturated rings. The lowest BCUT2D eigenvalue weighted by molar-refractivity contribution is -0.130. The van der Waals surface area contributed by atoms with Crippen LogP contribution in [-0.4, -0.2) is 41.3 Å². The quantitative estimate of drug-likeness (QED) is 0.784. The van der Waals surface area contributed by atoms with Crippen LogP contribution in [0.4, 0.5) is 0 Å². The van der Waals surface area contributed by atoms with Gasteiger partial charge in [-0.05, 0) is 45.2 Å². The van der Waals surface area contributed by atoms with Gasteiger partial charge in [-0.1, -0.05) is 6.42 Å². The maximum Gasteiger partial charge on any atom is 0.263 e. The van der Waals surface area contributed by atoms with Crippen LogP contribution in [0.5, 0.6) is 0 Å². The van der Waals surface area contributed by atoms with Crippen molar-refractivity contribution in [1.82, 2.24) is 15.2 Å². The van der Waals surface area contributed by atoms with E-state index in [-0.39, 0.29) is 11.8 Å². The van der Waals surface area contributed by atoms with Crippen molar-refractivity contribution in [2.75, 3.05) is 19.6 Å². The Morgan fingerprint density at radius 1 is 1.31 bits per heavy atom. The van der Waals surface area contributed by atoms with Gasteiger partial charge in [0, 0.05) is 26.1 Å². The largest absolute Gasteiger partial charge is 0.459 e. The first-order chi connectivity index (χ1) is 12.5. The van der Waals surface area contributed by atoms with E-state index in [1.807, 2.05) is 30.9 Å². The van der Waals surface area contributed by atoms with E-state index >= 15 is 0 Å². The van der Waals surface area contributed by atoms with Crippen molar-refractivity contribution >= 4 is 23.2 Å². The van der Waals surface area contributed by atoms with Crippen molar-refractivity contribution in [3.05, 3.63) is 28.5 Å². The second kappa shape index (κ2) is 8.49. The number of likely N-dealkylation sites (tertiary alicyclic amines) is 1. The third-order valence-electron chi connectivity index (χ3n) is 4.52. The molecular formula is C19H25N3O3S. The van der Waals surface area contributed by atoms with Crippen LogP contribution >= 0.6 is 11.3 Å². The SMILES string of the molecule is Cc1ccc(-c2nc(C)c(C(=O)NCCCN3CCCCCC3=O)s2)o1. The van der Waals surface area contributed by atoms with Gasteiger partial charge in [-0.2, -0.15) is 0 Å². The fourth-order valence-corrected chi connectivity index (χ4v) is 4.03. The second-order valence-electron chi connectivity index (χ2n) is 6.64. The first kappa shape index (κ1) is 18.6. The van der Waals surface area contributed by atoms with E-state index in [1.54, 1.807) is 0 Å². The molecule has 2 aromatic rings. The van der Waals surface area contributed by atoms with E-state index in [0.717, 1.165) is 43.0 Å². The Morgan fingerprint density at radius 2 is 2.15 bits per heavy atom. The average Bonchev–Trinajstić information content (AvgIpc) is 3.15. The normalized spacial score (nSPS) is 15.2. The fourth-order valence-electron chi connectivity index (χ4n) is 3.09. The van der Waals surface area contributed by atoms with Crippen molar-refractivity contribution < 1.29 is 14.0 Å². The van der Waals surface area contributed by atoms with Crippen LogP contribution in [0.1, 0.15) is 53.2 Å². The first-order valence-electron chi connectivity index (χ1n) is 9.15. The topological polar surface area (TPSA) is 75.4 Å². The highest BCUT2D eigenvalue weighted by molar-refractivity contribution is 7.17. The van der Waals surface area contributed by atoms with Crippen molar-refractivity contribution in [2.45, 2.75) is 46.0 Å². The molecule has 0 aromatic carbocycles. The molecule has 140 valence electrons. The zero-order chi connectivity index (χ0) is 18.5. The number of hydrogen-bond acceptors (Lipinski definition) is 5. The van der Waals surface area contributed by atoms with Crippen LogP contribution in [-0.2, 0) is 4.79 Å². The molecule has 0 atom stereocenters. The summed E-state index contributed by atoms with van der Waals surface area (Å²) in [6, 6.07) is 3.75. The van der Waals surface area contributed by atoms with Gasteiger partial charge in [0.15, 0.2) is 10.8 Å². The standard InChI is InChI=1S/C19H25N3O3S/c1-13-8-9-15(25-13)19-21-14(2)17(26-19)18(24)20-10-6-12-22-11-5-3-4-7-16(22)23/h8-9H,3-7,10-12H2,1-2H3,(H,20,24). The van der Waals surface area contributed by atoms with Crippen LogP contribution < -0.4 is 5.32 Å². The van der Waals surface area contributed by atoms with E-state index in [0.29, 0.717) is 35.8 Å². The molecule has 1 saturated heterocycles. The molecule has 1 N–H and O–H groups in total. The molecule has 7 heteroatoms. The van der Waals surface area contributed by atoms with Crippen molar-refractivity contribution in [1.29, 1.82) is 0 Å². The third-order valence-corrected chi connectivity index (χ3v) is 5.69. The molecule has 0 unspecified atom stereocenters. The van der Waals surface area contributed by atoms with E-state index in [4.69, 9.17) is 4.42 Å². The van der Waals surface area contributed by atoms with Crippen molar-refractivity contribution in [2.24, 2.45) is 0 Å². The number of aryl methyl sites for hydroxylation is 2. The number of amides is 2. The lowest BCUT2D eigenvalue weighted by Crippen LogP contribution is -2.33. The maximum atomic E-state index is 12.4. The Labute approximate surface area is 157 Å². The summed E-state index contributed by atoms with van der Waals surface area (Å²) >= 11 is 1.34. The van der Waals surface area contributed by atoms with E-state index < -0.39 is 0 Å². The van der Waals surface area contributed by atoms with E-state index in [2.05, 4.69) is 10.3 Å². The Hall–Kier alpha value is -2.15. The molecule has 1 aliphatic heterocycles. The number of rotatable bonds is 6. The molecule has 3 heterocycles. The Morgan fingerprint density at radius 3 is 2.92 bits per heavy atom. The first-order valence-corrected chi connectivity index (χ1v) is 9.96. The van der Waals surface area contributed by atoms with Crippen molar-refractivity contribution in [3.8, 4) is 10.8 Å². The lowest BCUT2D eigenvalue weighted by atomic mass is 10.2. The Bertz CT molecular complexity index is 781. The van der Waals surface area contributed by atoms with Gasteiger partial charge in [0.05, 0.1) is 5.69 Å². The highest BCUT2D eigenvalue weighted by Gasteiger charge is 2.18. The molecular weight excluding hydrogens is 350 g/mol. The number of carbonyl (C=O) groups excluding carboxylic acids is 2. The van der Waals surface area contributed by atoms with Crippen LogP contribution in [0.3, 0.4) is 0 Å². The minimum atomic E-state index is -0.114. The predicted octanol–water partition coefficient (Wildman–Crippen LogP) is 3.54. The number of nitrogens with zero attached hydrogens (tertiary/aromatic N) is 2. The summed E-state index contributed by atoms with van der Waals surface area (Å²) in [5, 5.41) is 3.66. The van der Waals surface area contributed by atoms with Gasteiger partial charge in [-0.3, -0.25) is 9.59 Å². The van der Waals surface area contributed by atoms with Crippen LogP contribution in [0.15, 0.2) is 16.5 Å². The summed E-state index contributed by atoms with van der Waals surface area (Å²) in [5.41, 5.74) is 0.708. The summed E-state index contributed by atoms with van der Waals surface area (Å²) in [7, 11) is 0. The van der Waals surface area contributed by atoms with Gasteiger partial charge in [-0.15, -0.1) is 11.3 Å². The number of aromatic nitrogens is 1. The van der Waals surface area contributed by atoms with Gasteiger partial charge in [0.1, 0.15) is 10.6 Å². The smallest absolute Gasteiger partial charge is 0.263 e. The summed E-state index contributed by atoms with van der Waals surface area (Å²) in [4.78, 5) is 31.4. The van der Waals surface area contributed by atoms with Gasteiger partial charge >= 0.3 is 0 Å². The molecule has 0 saturated carbocycles. The molecule has 26 heavy (non-hydrogen) atoms. The molecule has 0 bridgehead atoms. The molecule has 3 rings (SSSR count). The molecule has 2 amide bonds. The zero-order valence-electron chi connectivity index (χ0n) is 15.3. The third kappa shape index (κ3) is 4.52. The van der Waals surface area contributed by atoms with E-state index in [1.165, 1.54) is 11.3 Å². The van der Waals surface area contributed by atoms with Gasteiger partial charge in [0.2, 0.25) is 5.91 Å². The molecule has 2 aromatic heterocycles. The fraction of sp³-hybridized carbons (Fsp3) is 0.526. The van der Waals surface area contributed by atoms with Gasteiger partial charge < -0.3 is 14.6 Å². The Kier molecular flexibility index (Phi) is 6.08. The second-order valence-corrected chi connectivity index (χ2v) is 7.64. The molecule has 0 spiro atoms.